The van der Waals surface area contributed by atoms with Crippen molar-refractivity contribution in [3.8, 4) is 0 Å². The molecule has 90 valence electrons. The van der Waals surface area contributed by atoms with E-state index in [1.54, 1.807) is 11.3 Å². The molecule has 1 unspecified atom stereocenters. The quantitative estimate of drug-likeness (QED) is 0.853. The highest BCUT2D eigenvalue weighted by Crippen LogP contribution is 2.45. The third-order valence-electron chi connectivity index (χ3n) is 3.75. The molecule has 1 saturated carbocycles. The van der Waals surface area contributed by atoms with Crippen molar-refractivity contribution in [2.24, 2.45) is 11.1 Å². The second-order valence-electron chi connectivity index (χ2n) is 4.82. The molecule has 3 N–H and O–H groups in total. The van der Waals surface area contributed by atoms with Crippen molar-refractivity contribution < 1.29 is 5.11 Å². The number of thiazole rings is 1. The maximum Gasteiger partial charge on any atom is 0.104 e. The van der Waals surface area contributed by atoms with Gasteiger partial charge in [-0.15, -0.1) is 11.3 Å². The molecule has 0 aromatic carbocycles. The molecule has 1 aromatic rings. The minimum absolute atomic E-state index is 0.126. The fourth-order valence-electron chi connectivity index (χ4n) is 2.66. The second-order valence-corrected chi connectivity index (χ2v) is 5.88. The van der Waals surface area contributed by atoms with Crippen LogP contribution in [0.3, 0.4) is 0 Å². The van der Waals surface area contributed by atoms with E-state index in [-0.39, 0.29) is 5.41 Å². The number of hydrogen-bond acceptors (Lipinski definition) is 4. The van der Waals surface area contributed by atoms with E-state index in [0.29, 0.717) is 6.54 Å². The van der Waals surface area contributed by atoms with Crippen LogP contribution in [0, 0.1) is 12.3 Å². The Labute approximate surface area is 101 Å². The van der Waals surface area contributed by atoms with E-state index in [1.165, 1.54) is 19.3 Å². The van der Waals surface area contributed by atoms with Gasteiger partial charge >= 0.3 is 0 Å². The van der Waals surface area contributed by atoms with Crippen LogP contribution in [0.15, 0.2) is 5.38 Å². The summed E-state index contributed by atoms with van der Waals surface area (Å²) in [6.45, 7) is 2.53. The predicted octanol–water partition coefficient (Wildman–Crippen LogP) is 2.39. The van der Waals surface area contributed by atoms with Crippen LogP contribution in [-0.2, 0) is 0 Å². The highest BCUT2D eigenvalue weighted by molar-refractivity contribution is 7.09. The molecular weight excluding hydrogens is 220 g/mol. The SMILES string of the molecule is Cc1nc(C(O)C2(CN)CCCCC2)cs1. The molecule has 0 amide bonds. The Hall–Kier alpha value is -0.450. The summed E-state index contributed by atoms with van der Waals surface area (Å²) >= 11 is 1.59. The second kappa shape index (κ2) is 4.82. The molecule has 1 aliphatic carbocycles. The van der Waals surface area contributed by atoms with Gasteiger partial charge in [0.2, 0.25) is 0 Å². The monoisotopic (exact) mass is 240 g/mol. The van der Waals surface area contributed by atoms with E-state index < -0.39 is 6.10 Å². The predicted molar refractivity (Wildman–Crippen MR) is 66.4 cm³/mol. The Kier molecular flexibility index (Phi) is 3.62. The summed E-state index contributed by atoms with van der Waals surface area (Å²) in [7, 11) is 0. The van der Waals surface area contributed by atoms with Crippen molar-refractivity contribution in [1.29, 1.82) is 0 Å². The first kappa shape index (κ1) is 12.0. The molecule has 2 rings (SSSR count). The Bertz CT molecular complexity index is 345. The normalized spacial score (nSPS) is 21.9. The van der Waals surface area contributed by atoms with Crippen LogP contribution in [0.4, 0.5) is 0 Å². The molecule has 0 bridgehead atoms. The Morgan fingerprint density at radius 3 is 2.69 bits per heavy atom. The molecule has 1 aromatic heterocycles. The van der Waals surface area contributed by atoms with Crippen LogP contribution < -0.4 is 5.73 Å². The average Bonchev–Trinajstić information content (AvgIpc) is 2.76. The molecule has 1 heterocycles. The number of rotatable bonds is 3. The van der Waals surface area contributed by atoms with Gasteiger partial charge < -0.3 is 10.8 Å². The molecule has 16 heavy (non-hydrogen) atoms. The minimum atomic E-state index is -0.484. The van der Waals surface area contributed by atoms with E-state index in [0.717, 1.165) is 23.5 Å². The first-order valence-electron chi connectivity index (χ1n) is 5.98. The summed E-state index contributed by atoms with van der Waals surface area (Å²) in [5.74, 6) is 0. The van der Waals surface area contributed by atoms with Gasteiger partial charge in [-0.05, 0) is 19.8 Å². The van der Waals surface area contributed by atoms with E-state index in [1.807, 2.05) is 12.3 Å². The molecule has 0 radical (unpaired) electrons. The maximum absolute atomic E-state index is 10.5. The van der Waals surface area contributed by atoms with E-state index in [9.17, 15) is 5.11 Å². The number of nitrogens with zero attached hydrogens (tertiary/aromatic N) is 1. The first-order chi connectivity index (χ1) is 7.68. The van der Waals surface area contributed by atoms with Crippen molar-refractivity contribution >= 4 is 11.3 Å². The molecule has 1 atom stereocenters. The number of aryl methyl sites for hydroxylation is 1. The fraction of sp³-hybridized carbons (Fsp3) is 0.750. The van der Waals surface area contributed by atoms with Crippen LogP contribution in [0.5, 0.6) is 0 Å². The summed E-state index contributed by atoms with van der Waals surface area (Å²) in [5.41, 5.74) is 6.59. The number of hydrogen-bond donors (Lipinski definition) is 2. The standard InChI is InChI=1S/C12H20N2OS/c1-9-14-10(7-16-9)11(15)12(8-13)5-3-2-4-6-12/h7,11,15H,2-6,8,13H2,1H3. The lowest BCUT2D eigenvalue weighted by Gasteiger charge is -2.39. The lowest BCUT2D eigenvalue weighted by atomic mass is 9.69. The summed E-state index contributed by atoms with van der Waals surface area (Å²) in [6.07, 6.45) is 5.20. The van der Waals surface area contributed by atoms with Gasteiger partial charge in [-0.2, -0.15) is 0 Å². The van der Waals surface area contributed by atoms with Crippen molar-refractivity contribution in [3.63, 3.8) is 0 Å². The summed E-state index contributed by atoms with van der Waals surface area (Å²) in [6, 6.07) is 0. The lowest BCUT2D eigenvalue weighted by Crippen LogP contribution is -2.38. The van der Waals surface area contributed by atoms with Crippen LogP contribution in [0.25, 0.3) is 0 Å². The number of aliphatic hydroxyl groups is 1. The Morgan fingerprint density at radius 1 is 1.50 bits per heavy atom. The average molecular weight is 240 g/mol. The van der Waals surface area contributed by atoms with E-state index >= 15 is 0 Å². The fourth-order valence-corrected chi connectivity index (χ4v) is 3.30. The maximum atomic E-state index is 10.5. The molecule has 0 spiro atoms. The van der Waals surface area contributed by atoms with E-state index in [2.05, 4.69) is 4.98 Å². The van der Waals surface area contributed by atoms with Crippen molar-refractivity contribution in [1.82, 2.24) is 4.98 Å². The highest BCUT2D eigenvalue weighted by Gasteiger charge is 2.39. The van der Waals surface area contributed by atoms with Gasteiger partial charge in [0.05, 0.1) is 10.7 Å². The van der Waals surface area contributed by atoms with Crippen LogP contribution in [0.2, 0.25) is 0 Å². The molecule has 0 saturated heterocycles. The van der Waals surface area contributed by atoms with Gasteiger partial charge in [-0.3, -0.25) is 0 Å². The topological polar surface area (TPSA) is 59.1 Å². The Morgan fingerprint density at radius 2 is 2.19 bits per heavy atom. The molecular formula is C12H20N2OS. The van der Waals surface area contributed by atoms with Crippen LogP contribution in [0.1, 0.15) is 48.9 Å². The van der Waals surface area contributed by atoms with Crippen molar-refractivity contribution in [2.75, 3.05) is 6.54 Å². The molecule has 0 aliphatic heterocycles. The number of aliphatic hydroxyl groups excluding tert-OH is 1. The van der Waals surface area contributed by atoms with Gasteiger partial charge in [0.1, 0.15) is 6.10 Å². The number of aromatic nitrogens is 1. The highest BCUT2D eigenvalue weighted by atomic mass is 32.1. The van der Waals surface area contributed by atoms with Gasteiger partial charge in [0.15, 0.2) is 0 Å². The number of nitrogens with two attached hydrogens (primary N) is 1. The zero-order chi connectivity index (χ0) is 11.6. The molecule has 1 aliphatic rings. The third-order valence-corrected chi connectivity index (χ3v) is 4.54. The van der Waals surface area contributed by atoms with Crippen molar-refractivity contribution in [2.45, 2.75) is 45.1 Å². The zero-order valence-electron chi connectivity index (χ0n) is 9.78. The lowest BCUT2D eigenvalue weighted by molar-refractivity contribution is -0.00180. The van der Waals surface area contributed by atoms with Crippen LogP contribution in [-0.4, -0.2) is 16.6 Å². The first-order valence-corrected chi connectivity index (χ1v) is 6.86. The van der Waals surface area contributed by atoms with Crippen LogP contribution >= 0.6 is 11.3 Å². The van der Waals surface area contributed by atoms with Gasteiger partial charge in [0, 0.05) is 17.3 Å². The smallest absolute Gasteiger partial charge is 0.104 e. The largest absolute Gasteiger partial charge is 0.386 e. The third kappa shape index (κ3) is 2.14. The van der Waals surface area contributed by atoms with Gasteiger partial charge in [-0.25, -0.2) is 4.98 Å². The summed E-state index contributed by atoms with van der Waals surface area (Å²) < 4.78 is 0. The van der Waals surface area contributed by atoms with Gasteiger partial charge in [-0.1, -0.05) is 19.3 Å². The molecule has 3 nitrogen and oxygen atoms in total. The molecule has 4 heteroatoms. The van der Waals surface area contributed by atoms with Crippen molar-refractivity contribution in [3.05, 3.63) is 16.1 Å². The zero-order valence-corrected chi connectivity index (χ0v) is 10.6. The summed E-state index contributed by atoms with van der Waals surface area (Å²) in [5, 5.41) is 13.4. The van der Waals surface area contributed by atoms with Gasteiger partial charge in [0.25, 0.3) is 0 Å². The summed E-state index contributed by atoms with van der Waals surface area (Å²) in [4.78, 5) is 4.39. The molecule has 1 fully saturated rings. The minimum Gasteiger partial charge on any atom is -0.386 e. The Balaban J connectivity index is 2.20. The van der Waals surface area contributed by atoms with E-state index in [4.69, 9.17) is 5.73 Å².